The highest BCUT2D eigenvalue weighted by atomic mass is 32.2. The van der Waals surface area contributed by atoms with Crippen molar-refractivity contribution in [3.05, 3.63) is 54.1 Å². The van der Waals surface area contributed by atoms with E-state index in [1.165, 1.54) is 5.56 Å². The number of anilines is 1. The minimum atomic E-state index is -0.281. The van der Waals surface area contributed by atoms with Crippen LogP contribution in [0.25, 0.3) is 0 Å². The van der Waals surface area contributed by atoms with Gasteiger partial charge in [0.05, 0.1) is 5.69 Å². The molecular formula is C18H17NO3S. The van der Waals surface area contributed by atoms with Gasteiger partial charge >= 0.3 is 6.09 Å². The predicted molar refractivity (Wildman–Crippen MR) is 90.2 cm³/mol. The Morgan fingerprint density at radius 3 is 2.87 bits per heavy atom. The maximum absolute atomic E-state index is 12.0. The lowest BCUT2D eigenvalue weighted by molar-refractivity contribution is 0.132. The Labute approximate surface area is 139 Å². The molecule has 0 aliphatic carbocycles. The van der Waals surface area contributed by atoms with E-state index in [1.807, 2.05) is 43.3 Å². The van der Waals surface area contributed by atoms with Gasteiger partial charge in [0, 0.05) is 10.6 Å². The Bertz CT molecular complexity index is 734. The minimum Gasteiger partial charge on any atom is -0.489 e. The van der Waals surface area contributed by atoms with Crippen molar-refractivity contribution < 1.29 is 14.3 Å². The molecule has 2 aromatic rings. The number of benzene rings is 2. The molecule has 2 atom stereocenters. The molecule has 2 aliphatic heterocycles. The molecule has 1 amide bonds. The van der Waals surface area contributed by atoms with E-state index in [1.54, 1.807) is 16.7 Å². The summed E-state index contributed by atoms with van der Waals surface area (Å²) in [6.07, 6.45) is -0.417. The second kappa shape index (κ2) is 5.81. The third-order valence-electron chi connectivity index (χ3n) is 4.21. The van der Waals surface area contributed by atoms with Crippen LogP contribution in [0.5, 0.6) is 5.75 Å². The van der Waals surface area contributed by atoms with Crippen molar-refractivity contribution in [1.29, 1.82) is 0 Å². The standard InChI is InChI=1S/C18H17NO3S/c1-12-16-10-21-17-9-14(23-11-13-5-3-2-4-6-13)7-8-15(17)19(16)18(20)22-12/h2-9,12,16H,10-11H2,1H3. The van der Waals surface area contributed by atoms with Gasteiger partial charge in [0.25, 0.3) is 0 Å². The highest BCUT2D eigenvalue weighted by Gasteiger charge is 2.44. The molecule has 0 radical (unpaired) electrons. The molecule has 0 aromatic heterocycles. The Hall–Kier alpha value is -2.14. The van der Waals surface area contributed by atoms with Crippen molar-refractivity contribution in [3.8, 4) is 5.75 Å². The molecule has 0 saturated carbocycles. The molecule has 4 nitrogen and oxygen atoms in total. The van der Waals surface area contributed by atoms with E-state index in [-0.39, 0.29) is 18.2 Å². The van der Waals surface area contributed by atoms with Crippen LogP contribution in [0.2, 0.25) is 0 Å². The van der Waals surface area contributed by atoms with Gasteiger partial charge in [-0.1, -0.05) is 30.3 Å². The monoisotopic (exact) mass is 327 g/mol. The fourth-order valence-electron chi connectivity index (χ4n) is 2.94. The first-order valence-corrected chi connectivity index (χ1v) is 8.64. The molecule has 0 N–H and O–H groups in total. The number of thioether (sulfide) groups is 1. The number of ether oxygens (including phenoxy) is 2. The summed E-state index contributed by atoms with van der Waals surface area (Å²) in [5, 5.41) is 0. The van der Waals surface area contributed by atoms with Crippen LogP contribution in [0, 0.1) is 0 Å². The maximum atomic E-state index is 12.0. The summed E-state index contributed by atoms with van der Waals surface area (Å²) in [5.74, 6) is 1.66. The average molecular weight is 327 g/mol. The maximum Gasteiger partial charge on any atom is 0.415 e. The number of hydrogen-bond donors (Lipinski definition) is 0. The van der Waals surface area contributed by atoms with Crippen molar-refractivity contribution in [2.45, 2.75) is 29.7 Å². The van der Waals surface area contributed by atoms with Crippen LogP contribution in [0.4, 0.5) is 10.5 Å². The number of amides is 1. The fourth-order valence-corrected chi connectivity index (χ4v) is 3.82. The zero-order valence-corrected chi connectivity index (χ0v) is 13.6. The molecule has 2 unspecified atom stereocenters. The van der Waals surface area contributed by atoms with Gasteiger partial charge in [-0.15, -0.1) is 11.8 Å². The molecule has 4 rings (SSSR count). The van der Waals surface area contributed by atoms with Crippen molar-refractivity contribution in [2.75, 3.05) is 11.5 Å². The first-order valence-electron chi connectivity index (χ1n) is 7.66. The molecule has 0 spiro atoms. The van der Waals surface area contributed by atoms with Crippen LogP contribution in [0.1, 0.15) is 12.5 Å². The third-order valence-corrected chi connectivity index (χ3v) is 5.27. The summed E-state index contributed by atoms with van der Waals surface area (Å²) < 4.78 is 11.2. The Kier molecular flexibility index (Phi) is 3.65. The fraction of sp³-hybridized carbons (Fsp3) is 0.278. The molecule has 23 heavy (non-hydrogen) atoms. The minimum absolute atomic E-state index is 0.0298. The number of nitrogens with zero attached hydrogens (tertiary/aromatic N) is 1. The highest BCUT2D eigenvalue weighted by molar-refractivity contribution is 7.98. The zero-order valence-electron chi connectivity index (χ0n) is 12.8. The first-order chi connectivity index (χ1) is 11.2. The van der Waals surface area contributed by atoms with Crippen molar-refractivity contribution in [3.63, 3.8) is 0 Å². The van der Waals surface area contributed by atoms with Crippen LogP contribution < -0.4 is 9.64 Å². The molecule has 1 fully saturated rings. The first kappa shape index (κ1) is 14.5. The van der Waals surface area contributed by atoms with Crippen molar-refractivity contribution in [2.24, 2.45) is 0 Å². The van der Waals surface area contributed by atoms with E-state index in [0.29, 0.717) is 6.61 Å². The molecule has 2 heterocycles. The summed E-state index contributed by atoms with van der Waals surface area (Å²) in [6.45, 7) is 2.38. The lowest BCUT2D eigenvalue weighted by Crippen LogP contribution is -2.43. The molecule has 2 aromatic carbocycles. The quantitative estimate of drug-likeness (QED) is 0.796. The Morgan fingerprint density at radius 2 is 2.04 bits per heavy atom. The number of cyclic esters (lactones) is 1. The van der Waals surface area contributed by atoms with Crippen LogP contribution >= 0.6 is 11.8 Å². The Balaban J connectivity index is 1.54. The van der Waals surface area contributed by atoms with E-state index in [2.05, 4.69) is 12.1 Å². The van der Waals surface area contributed by atoms with Gasteiger partial charge in [-0.2, -0.15) is 0 Å². The second-order valence-corrected chi connectivity index (χ2v) is 6.79. The lowest BCUT2D eigenvalue weighted by atomic mass is 10.1. The van der Waals surface area contributed by atoms with E-state index in [4.69, 9.17) is 9.47 Å². The normalized spacial score (nSPS) is 22.1. The molecule has 2 aliphatic rings. The smallest absolute Gasteiger partial charge is 0.415 e. The van der Waals surface area contributed by atoms with Crippen molar-refractivity contribution >= 4 is 23.5 Å². The average Bonchev–Trinajstić information content (AvgIpc) is 2.88. The number of carbonyl (C=O) groups excluding carboxylic acids is 1. The second-order valence-electron chi connectivity index (χ2n) is 5.74. The summed E-state index contributed by atoms with van der Waals surface area (Å²) >= 11 is 1.76. The van der Waals surface area contributed by atoms with Gasteiger partial charge in [-0.05, 0) is 30.7 Å². The molecule has 5 heteroatoms. The topological polar surface area (TPSA) is 38.8 Å². The van der Waals surface area contributed by atoms with Gasteiger partial charge in [0.2, 0.25) is 0 Å². The van der Waals surface area contributed by atoms with Gasteiger partial charge in [0.15, 0.2) is 0 Å². The summed E-state index contributed by atoms with van der Waals surface area (Å²) in [6, 6.07) is 16.3. The van der Waals surface area contributed by atoms with Gasteiger partial charge < -0.3 is 9.47 Å². The lowest BCUT2D eigenvalue weighted by Gasteiger charge is -2.30. The van der Waals surface area contributed by atoms with E-state index < -0.39 is 0 Å². The van der Waals surface area contributed by atoms with Crippen LogP contribution in [0.3, 0.4) is 0 Å². The SMILES string of the molecule is CC1OC(=O)N2c3ccc(SCc4ccccc4)cc3OCC12. The number of rotatable bonds is 3. The number of fused-ring (bicyclic) bond motifs is 3. The van der Waals surface area contributed by atoms with Crippen molar-refractivity contribution in [1.82, 2.24) is 0 Å². The predicted octanol–water partition coefficient (Wildman–Crippen LogP) is 4.09. The van der Waals surface area contributed by atoms with E-state index in [9.17, 15) is 4.79 Å². The van der Waals surface area contributed by atoms with E-state index in [0.717, 1.165) is 22.1 Å². The molecular weight excluding hydrogens is 310 g/mol. The summed E-state index contributed by atoms with van der Waals surface area (Å²) in [7, 11) is 0. The summed E-state index contributed by atoms with van der Waals surface area (Å²) in [4.78, 5) is 14.9. The largest absolute Gasteiger partial charge is 0.489 e. The van der Waals surface area contributed by atoms with E-state index >= 15 is 0 Å². The van der Waals surface area contributed by atoms with Gasteiger partial charge in [-0.3, -0.25) is 4.90 Å². The molecule has 1 saturated heterocycles. The van der Waals surface area contributed by atoms with Gasteiger partial charge in [-0.25, -0.2) is 4.79 Å². The number of carbonyl (C=O) groups is 1. The Morgan fingerprint density at radius 1 is 1.22 bits per heavy atom. The van der Waals surface area contributed by atoms with Crippen LogP contribution in [-0.4, -0.2) is 24.8 Å². The van der Waals surface area contributed by atoms with Gasteiger partial charge in [0.1, 0.15) is 24.5 Å². The number of hydrogen-bond acceptors (Lipinski definition) is 4. The van der Waals surface area contributed by atoms with Crippen LogP contribution in [0.15, 0.2) is 53.4 Å². The third kappa shape index (κ3) is 2.65. The van der Waals surface area contributed by atoms with Crippen LogP contribution in [-0.2, 0) is 10.5 Å². The zero-order chi connectivity index (χ0) is 15.8. The highest BCUT2D eigenvalue weighted by Crippen LogP contribution is 2.41. The molecule has 118 valence electrons. The molecule has 0 bridgehead atoms. The summed E-state index contributed by atoms with van der Waals surface area (Å²) in [5.41, 5.74) is 2.09.